The Bertz CT molecular complexity index is 271. The van der Waals surface area contributed by atoms with E-state index in [0.717, 1.165) is 6.54 Å². The molecule has 0 heterocycles. The molecule has 3 heteroatoms. The van der Waals surface area contributed by atoms with Crippen molar-refractivity contribution in [2.45, 2.75) is 6.54 Å². The molecule has 0 aliphatic rings. The molecule has 0 saturated heterocycles. The summed E-state index contributed by atoms with van der Waals surface area (Å²) in [6, 6.07) is 5.70. The van der Waals surface area contributed by atoms with Crippen molar-refractivity contribution < 1.29 is 0 Å². The van der Waals surface area contributed by atoms with E-state index < -0.39 is 0 Å². The van der Waals surface area contributed by atoms with Crippen LogP contribution in [0.2, 0.25) is 10.0 Å². The molecule has 1 rings (SSSR count). The molecule has 0 atom stereocenters. The van der Waals surface area contributed by atoms with E-state index in [4.69, 9.17) is 23.2 Å². The summed E-state index contributed by atoms with van der Waals surface area (Å²) in [4.78, 5) is 2.08. The van der Waals surface area contributed by atoms with E-state index in [9.17, 15) is 0 Å². The summed E-state index contributed by atoms with van der Waals surface area (Å²) < 4.78 is 0. The van der Waals surface area contributed by atoms with Crippen molar-refractivity contribution >= 4 is 23.2 Å². The zero-order valence-corrected chi connectivity index (χ0v) is 8.65. The minimum atomic E-state index is 0.610. The number of nitrogens with zero attached hydrogens (tertiary/aromatic N) is 1. The lowest BCUT2D eigenvalue weighted by Gasteiger charge is -2.09. The second kappa shape index (κ2) is 4.13. The first kappa shape index (κ1) is 9.85. The van der Waals surface area contributed by atoms with Gasteiger partial charge in [0.15, 0.2) is 0 Å². The molecule has 0 bridgehead atoms. The summed E-state index contributed by atoms with van der Waals surface area (Å²) in [6.07, 6.45) is 0. The smallest absolute Gasteiger partial charge is 0.0595 e. The van der Waals surface area contributed by atoms with Crippen LogP contribution in [0.15, 0.2) is 18.2 Å². The van der Waals surface area contributed by atoms with Crippen molar-refractivity contribution in [1.82, 2.24) is 4.90 Å². The number of rotatable bonds is 2. The molecule has 66 valence electrons. The van der Waals surface area contributed by atoms with E-state index in [2.05, 4.69) is 4.90 Å². The van der Waals surface area contributed by atoms with Crippen LogP contribution >= 0.6 is 23.2 Å². The first-order valence-corrected chi connectivity index (χ1v) is 4.44. The molecule has 1 aromatic carbocycles. The lowest BCUT2D eigenvalue weighted by atomic mass is 10.2. The maximum Gasteiger partial charge on any atom is 0.0595 e. The summed E-state index contributed by atoms with van der Waals surface area (Å²) in [5.74, 6) is 0. The van der Waals surface area contributed by atoms with Crippen molar-refractivity contribution in [2.24, 2.45) is 0 Å². The fourth-order valence-corrected chi connectivity index (χ4v) is 1.32. The van der Waals surface area contributed by atoms with Crippen molar-refractivity contribution in [3.63, 3.8) is 0 Å². The van der Waals surface area contributed by atoms with E-state index in [1.165, 1.54) is 5.56 Å². The number of hydrogen-bond acceptors (Lipinski definition) is 1. The minimum absolute atomic E-state index is 0.610. The summed E-state index contributed by atoms with van der Waals surface area (Å²) >= 11 is 11.6. The Morgan fingerprint density at radius 2 is 1.83 bits per heavy atom. The van der Waals surface area contributed by atoms with E-state index in [-0.39, 0.29) is 0 Å². The molecular formula is C9H11Cl2N. The monoisotopic (exact) mass is 203 g/mol. The molecule has 0 aliphatic carbocycles. The Morgan fingerprint density at radius 1 is 1.17 bits per heavy atom. The number of benzene rings is 1. The molecule has 0 unspecified atom stereocenters. The highest BCUT2D eigenvalue weighted by molar-refractivity contribution is 6.41. The first-order valence-electron chi connectivity index (χ1n) is 3.68. The van der Waals surface area contributed by atoms with Gasteiger partial charge in [-0.05, 0) is 31.8 Å². The molecule has 0 N–H and O–H groups in total. The molecule has 12 heavy (non-hydrogen) atoms. The average molecular weight is 204 g/mol. The third-order valence-corrected chi connectivity index (χ3v) is 2.22. The predicted octanol–water partition coefficient (Wildman–Crippen LogP) is 3.06. The third kappa shape index (κ3) is 2.67. The molecular weight excluding hydrogens is 193 g/mol. The zero-order chi connectivity index (χ0) is 9.14. The Labute approximate surface area is 82.9 Å². The van der Waals surface area contributed by atoms with Gasteiger partial charge in [-0.1, -0.05) is 29.3 Å². The molecule has 0 saturated carbocycles. The van der Waals surface area contributed by atoms with Crippen molar-refractivity contribution in [3.05, 3.63) is 33.8 Å². The SMILES string of the molecule is CN(C)Cc1ccc(Cl)c(Cl)c1. The molecule has 0 aliphatic heterocycles. The van der Waals surface area contributed by atoms with Gasteiger partial charge in [-0.15, -0.1) is 0 Å². The van der Waals surface area contributed by atoms with Crippen LogP contribution in [0, 0.1) is 0 Å². The van der Waals surface area contributed by atoms with E-state index in [0.29, 0.717) is 10.0 Å². The number of halogens is 2. The highest BCUT2D eigenvalue weighted by atomic mass is 35.5. The van der Waals surface area contributed by atoms with Gasteiger partial charge in [0.2, 0.25) is 0 Å². The molecule has 1 aromatic rings. The van der Waals surface area contributed by atoms with Crippen LogP contribution < -0.4 is 0 Å². The van der Waals surface area contributed by atoms with E-state index in [1.807, 2.05) is 32.3 Å². The third-order valence-electron chi connectivity index (χ3n) is 1.48. The number of hydrogen-bond donors (Lipinski definition) is 0. The standard InChI is InChI=1S/C9H11Cl2N/c1-12(2)6-7-3-4-8(10)9(11)5-7/h3-5H,6H2,1-2H3. The average Bonchev–Trinajstić information content (AvgIpc) is 1.96. The van der Waals surface area contributed by atoms with Crippen molar-refractivity contribution in [2.75, 3.05) is 14.1 Å². The summed E-state index contributed by atoms with van der Waals surface area (Å²) in [5.41, 5.74) is 1.18. The van der Waals surface area contributed by atoms with Gasteiger partial charge in [-0.2, -0.15) is 0 Å². The van der Waals surface area contributed by atoms with Gasteiger partial charge < -0.3 is 4.90 Å². The van der Waals surface area contributed by atoms with Gasteiger partial charge in [0, 0.05) is 6.54 Å². The minimum Gasteiger partial charge on any atom is -0.305 e. The highest BCUT2D eigenvalue weighted by Gasteiger charge is 1.99. The Morgan fingerprint density at radius 3 is 2.33 bits per heavy atom. The van der Waals surface area contributed by atoms with Crippen LogP contribution in [0.25, 0.3) is 0 Å². The summed E-state index contributed by atoms with van der Waals surface area (Å²) in [7, 11) is 4.03. The molecule has 0 amide bonds. The quantitative estimate of drug-likeness (QED) is 0.715. The first-order chi connectivity index (χ1) is 5.59. The zero-order valence-electron chi connectivity index (χ0n) is 7.14. The van der Waals surface area contributed by atoms with E-state index >= 15 is 0 Å². The maximum absolute atomic E-state index is 5.85. The summed E-state index contributed by atoms with van der Waals surface area (Å²) in [5, 5.41) is 1.23. The highest BCUT2D eigenvalue weighted by Crippen LogP contribution is 2.22. The lowest BCUT2D eigenvalue weighted by molar-refractivity contribution is 0.402. The van der Waals surface area contributed by atoms with Crippen LogP contribution in [0.3, 0.4) is 0 Å². The van der Waals surface area contributed by atoms with Gasteiger partial charge in [-0.25, -0.2) is 0 Å². The van der Waals surface area contributed by atoms with Crippen LogP contribution in [0.1, 0.15) is 5.56 Å². The Hall–Kier alpha value is -0.240. The normalized spacial score (nSPS) is 10.8. The van der Waals surface area contributed by atoms with Gasteiger partial charge in [0.1, 0.15) is 0 Å². The lowest BCUT2D eigenvalue weighted by Crippen LogP contribution is -2.10. The largest absolute Gasteiger partial charge is 0.305 e. The van der Waals surface area contributed by atoms with Crippen LogP contribution in [0.4, 0.5) is 0 Å². The Balaban J connectivity index is 2.82. The second-order valence-electron chi connectivity index (χ2n) is 2.99. The predicted molar refractivity (Wildman–Crippen MR) is 53.9 cm³/mol. The molecule has 0 radical (unpaired) electrons. The fourth-order valence-electron chi connectivity index (χ4n) is 1.00. The molecule has 0 fully saturated rings. The van der Waals surface area contributed by atoms with Crippen molar-refractivity contribution in [3.8, 4) is 0 Å². The van der Waals surface area contributed by atoms with Crippen LogP contribution in [-0.2, 0) is 6.54 Å². The summed E-state index contributed by atoms with van der Waals surface area (Å²) in [6.45, 7) is 0.886. The van der Waals surface area contributed by atoms with Gasteiger partial charge in [0.25, 0.3) is 0 Å². The van der Waals surface area contributed by atoms with Gasteiger partial charge in [-0.3, -0.25) is 0 Å². The van der Waals surface area contributed by atoms with Crippen LogP contribution in [-0.4, -0.2) is 19.0 Å². The fraction of sp³-hybridized carbons (Fsp3) is 0.333. The topological polar surface area (TPSA) is 3.24 Å². The molecule has 0 spiro atoms. The Kier molecular flexibility index (Phi) is 3.39. The van der Waals surface area contributed by atoms with Crippen LogP contribution in [0.5, 0.6) is 0 Å². The van der Waals surface area contributed by atoms with Gasteiger partial charge in [0.05, 0.1) is 10.0 Å². The second-order valence-corrected chi connectivity index (χ2v) is 3.80. The van der Waals surface area contributed by atoms with Gasteiger partial charge >= 0.3 is 0 Å². The molecule has 0 aromatic heterocycles. The molecule has 1 nitrogen and oxygen atoms in total. The van der Waals surface area contributed by atoms with Crippen molar-refractivity contribution in [1.29, 1.82) is 0 Å². The maximum atomic E-state index is 5.85. The van der Waals surface area contributed by atoms with E-state index in [1.54, 1.807) is 0 Å².